The Bertz CT molecular complexity index is 362. The maximum atomic E-state index is 12.1. The smallest absolute Gasteiger partial charge is 0.395 e. The van der Waals surface area contributed by atoms with Crippen LogP contribution in [0.25, 0.3) is 0 Å². The molecule has 0 saturated heterocycles. The van der Waals surface area contributed by atoms with Crippen molar-refractivity contribution in [2.75, 3.05) is 6.61 Å². The van der Waals surface area contributed by atoms with Crippen LogP contribution in [0.2, 0.25) is 0 Å². The minimum absolute atomic E-state index is 0.184. The van der Waals surface area contributed by atoms with E-state index in [4.69, 9.17) is 14.2 Å². The third-order valence-electron chi connectivity index (χ3n) is 2.33. The van der Waals surface area contributed by atoms with Gasteiger partial charge in [-0.05, 0) is 13.8 Å². The molecule has 102 valence electrons. The summed E-state index contributed by atoms with van der Waals surface area (Å²) in [5, 5.41) is 0. The van der Waals surface area contributed by atoms with Gasteiger partial charge in [-0.25, -0.2) is 0 Å². The first kappa shape index (κ1) is 14.9. The van der Waals surface area contributed by atoms with Crippen LogP contribution in [-0.2, 0) is 19.0 Å². The Hall–Kier alpha value is -1.13. The van der Waals surface area contributed by atoms with Gasteiger partial charge in [-0.2, -0.15) is 0 Å². The lowest BCUT2D eigenvalue weighted by Gasteiger charge is -2.31. The number of carbonyl (C=O) groups is 1. The summed E-state index contributed by atoms with van der Waals surface area (Å²) >= 11 is 0. The molecule has 0 aromatic heterocycles. The van der Waals surface area contributed by atoms with Crippen LogP contribution in [0.3, 0.4) is 0 Å². The summed E-state index contributed by atoms with van der Waals surface area (Å²) in [6.07, 6.45) is 2.81. The molecule has 0 saturated carbocycles. The van der Waals surface area contributed by atoms with Gasteiger partial charge in [0, 0.05) is 11.5 Å². The zero-order valence-corrected chi connectivity index (χ0v) is 11.8. The summed E-state index contributed by atoms with van der Waals surface area (Å²) in [4.78, 5) is 12.1. The molecule has 0 aromatic carbocycles. The zero-order valence-electron chi connectivity index (χ0n) is 11.8. The Labute approximate surface area is 109 Å². The molecule has 0 bridgehead atoms. The number of carbonyl (C=O) groups excluding carboxylic acids is 1. The molecule has 1 heterocycles. The molecule has 4 heteroatoms. The fourth-order valence-corrected chi connectivity index (χ4v) is 1.50. The fraction of sp³-hybridized carbons (Fsp3) is 0.643. The number of ketones is 1. The average Bonchev–Trinajstić information content (AvgIpc) is 2.53. The molecule has 0 spiro atoms. The summed E-state index contributed by atoms with van der Waals surface area (Å²) in [5.41, 5.74) is -0.269. The molecule has 18 heavy (non-hydrogen) atoms. The van der Waals surface area contributed by atoms with E-state index in [1.54, 1.807) is 6.08 Å². The standard InChI is InChI=1S/C14H22O4/c1-7-8-16-14(17-10(2)3)11(15)9-12(18-14)13(4,5)6/h7,9-10H,1,8H2,2-6H3. The van der Waals surface area contributed by atoms with E-state index >= 15 is 0 Å². The summed E-state index contributed by atoms with van der Waals surface area (Å²) in [6.45, 7) is 13.3. The molecule has 0 radical (unpaired) electrons. The first-order valence-electron chi connectivity index (χ1n) is 6.09. The molecule has 1 unspecified atom stereocenters. The quantitative estimate of drug-likeness (QED) is 0.559. The van der Waals surface area contributed by atoms with E-state index in [9.17, 15) is 4.79 Å². The van der Waals surface area contributed by atoms with Crippen molar-refractivity contribution in [1.82, 2.24) is 0 Å². The van der Waals surface area contributed by atoms with E-state index < -0.39 is 5.97 Å². The predicted octanol–water partition coefficient (Wildman–Crippen LogP) is 2.80. The van der Waals surface area contributed by atoms with Crippen LogP contribution in [0.1, 0.15) is 34.6 Å². The van der Waals surface area contributed by atoms with Gasteiger partial charge in [-0.15, -0.1) is 6.58 Å². The van der Waals surface area contributed by atoms with Crippen molar-refractivity contribution >= 4 is 5.78 Å². The van der Waals surface area contributed by atoms with Crippen LogP contribution in [0.5, 0.6) is 0 Å². The lowest BCUT2D eigenvalue weighted by Crippen LogP contribution is -2.45. The van der Waals surface area contributed by atoms with Gasteiger partial charge < -0.3 is 14.2 Å². The van der Waals surface area contributed by atoms with Crippen LogP contribution in [0.4, 0.5) is 0 Å². The largest absolute Gasteiger partial charge is 0.437 e. The zero-order chi connectivity index (χ0) is 14.0. The maximum Gasteiger partial charge on any atom is 0.395 e. The van der Waals surface area contributed by atoms with Gasteiger partial charge in [0.05, 0.1) is 12.7 Å². The van der Waals surface area contributed by atoms with Crippen LogP contribution in [-0.4, -0.2) is 24.5 Å². The van der Waals surface area contributed by atoms with E-state index in [1.807, 2.05) is 34.6 Å². The number of ether oxygens (including phenoxy) is 3. The van der Waals surface area contributed by atoms with Gasteiger partial charge in [0.2, 0.25) is 0 Å². The Kier molecular flexibility index (Phi) is 4.35. The highest BCUT2D eigenvalue weighted by molar-refractivity contribution is 5.97. The van der Waals surface area contributed by atoms with Crippen molar-refractivity contribution < 1.29 is 19.0 Å². The SMILES string of the molecule is C=CCOC1(OC(C)C)OC(C(C)(C)C)=CC1=O. The van der Waals surface area contributed by atoms with Gasteiger partial charge in [-0.1, -0.05) is 26.8 Å². The lowest BCUT2D eigenvalue weighted by atomic mass is 9.94. The van der Waals surface area contributed by atoms with Crippen LogP contribution >= 0.6 is 0 Å². The second kappa shape index (κ2) is 5.24. The van der Waals surface area contributed by atoms with Crippen LogP contribution < -0.4 is 0 Å². The highest BCUT2D eigenvalue weighted by Crippen LogP contribution is 2.38. The summed E-state index contributed by atoms with van der Waals surface area (Å²) in [6, 6.07) is 0. The normalized spacial score (nSPS) is 24.1. The van der Waals surface area contributed by atoms with Crippen molar-refractivity contribution in [2.45, 2.75) is 46.7 Å². The molecule has 1 aliphatic rings. The number of hydrogen-bond donors (Lipinski definition) is 0. The molecule has 0 fully saturated rings. The molecule has 1 aliphatic heterocycles. The van der Waals surface area contributed by atoms with Crippen molar-refractivity contribution in [1.29, 1.82) is 0 Å². The first-order chi connectivity index (χ1) is 8.21. The third kappa shape index (κ3) is 3.21. The summed E-state index contributed by atoms with van der Waals surface area (Å²) < 4.78 is 16.6. The number of allylic oxidation sites excluding steroid dienone is 1. The molecule has 4 nitrogen and oxygen atoms in total. The average molecular weight is 254 g/mol. The van der Waals surface area contributed by atoms with Gasteiger partial charge in [0.15, 0.2) is 0 Å². The molecular formula is C14H22O4. The van der Waals surface area contributed by atoms with Gasteiger partial charge in [0.1, 0.15) is 5.76 Å². The maximum absolute atomic E-state index is 12.1. The minimum Gasteiger partial charge on any atom is -0.437 e. The van der Waals surface area contributed by atoms with E-state index in [0.29, 0.717) is 5.76 Å². The Morgan fingerprint density at radius 1 is 1.50 bits per heavy atom. The van der Waals surface area contributed by atoms with Crippen molar-refractivity contribution in [3.63, 3.8) is 0 Å². The lowest BCUT2D eigenvalue weighted by molar-refractivity contribution is -0.342. The minimum atomic E-state index is -1.65. The predicted molar refractivity (Wildman–Crippen MR) is 68.7 cm³/mol. The number of rotatable bonds is 5. The van der Waals surface area contributed by atoms with Crippen molar-refractivity contribution in [2.24, 2.45) is 5.41 Å². The Morgan fingerprint density at radius 2 is 2.11 bits per heavy atom. The van der Waals surface area contributed by atoms with Crippen LogP contribution in [0.15, 0.2) is 24.5 Å². The van der Waals surface area contributed by atoms with Crippen LogP contribution in [0, 0.1) is 5.41 Å². The third-order valence-corrected chi connectivity index (χ3v) is 2.33. The highest BCUT2D eigenvalue weighted by atomic mass is 16.9. The number of hydrogen-bond acceptors (Lipinski definition) is 4. The van der Waals surface area contributed by atoms with E-state index in [-0.39, 0.29) is 23.9 Å². The summed E-state index contributed by atoms with van der Waals surface area (Å²) in [5.74, 6) is -1.40. The topological polar surface area (TPSA) is 44.8 Å². The second-order valence-electron chi connectivity index (χ2n) is 5.55. The molecule has 0 aromatic rings. The Balaban J connectivity index is 2.95. The fourth-order valence-electron chi connectivity index (χ4n) is 1.50. The first-order valence-corrected chi connectivity index (χ1v) is 6.09. The highest BCUT2D eigenvalue weighted by Gasteiger charge is 2.50. The molecule has 1 rings (SSSR count). The van der Waals surface area contributed by atoms with E-state index in [1.165, 1.54) is 6.08 Å². The monoisotopic (exact) mass is 254 g/mol. The van der Waals surface area contributed by atoms with Gasteiger partial charge in [-0.3, -0.25) is 4.79 Å². The summed E-state index contributed by atoms with van der Waals surface area (Å²) in [7, 11) is 0. The van der Waals surface area contributed by atoms with Gasteiger partial charge >= 0.3 is 5.97 Å². The van der Waals surface area contributed by atoms with Gasteiger partial charge in [0.25, 0.3) is 5.78 Å². The van der Waals surface area contributed by atoms with Crippen molar-refractivity contribution in [3.8, 4) is 0 Å². The van der Waals surface area contributed by atoms with E-state index in [2.05, 4.69) is 6.58 Å². The molecule has 0 N–H and O–H groups in total. The molecule has 1 atom stereocenters. The van der Waals surface area contributed by atoms with E-state index in [0.717, 1.165) is 0 Å². The molecule has 0 aliphatic carbocycles. The molecule has 0 amide bonds. The molecular weight excluding hydrogens is 232 g/mol. The second-order valence-corrected chi connectivity index (χ2v) is 5.55. The Morgan fingerprint density at radius 3 is 2.50 bits per heavy atom. The van der Waals surface area contributed by atoms with Crippen molar-refractivity contribution in [3.05, 3.63) is 24.5 Å².